The molecule has 1 N–H and O–H groups in total. The third kappa shape index (κ3) is 4.17. The second-order valence-corrected chi connectivity index (χ2v) is 9.63. The average molecular weight is 398 g/mol. The Bertz CT molecular complexity index is 735. The van der Waals surface area contributed by atoms with Crippen LogP contribution in [0.25, 0.3) is 0 Å². The SMILES string of the molecule is COc1cccc(C[C@H]2[C@H]3C[C@H](CN(C(=O)CNC4CC4)C3)[C@@H]3CCCCN32)c1. The summed E-state index contributed by atoms with van der Waals surface area (Å²) in [4.78, 5) is 17.9. The lowest BCUT2D eigenvalue weighted by Crippen LogP contribution is -2.65. The predicted molar refractivity (Wildman–Crippen MR) is 114 cm³/mol. The molecule has 0 spiro atoms. The molecular weight excluding hydrogens is 362 g/mol. The van der Waals surface area contributed by atoms with Crippen molar-refractivity contribution in [2.45, 2.75) is 63.1 Å². The third-order valence-electron chi connectivity index (χ3n) is 7.67. The zero-order chi connectivity index (χ0) is 19.8. The monoisotopic (exact) mass is 397 g/mol. The number of methoxy groups -OCH3 is 1. The van der Waals surface area contributed by atoms with E-state index >= 15 is 0 Å². The highest BCUT2D eigenvalue weighted by Gasteiger charge is 2.47. The average Bonchev–Trinajstić information content (AvgIpc) is 3.59. The van der Waals surface area contributed by atoms with Crippen LogP contribution in [0.1, 0.15) is 44.1 Å². The molecule has 5 nitrogen and oxygen atoms in total. The summed E-state index contributed by atoms with van der Waals surface area (Å²) in [6.07, 6.45) is 8.78. The zero-order valence-electron chi connectivity index (χ0n) is 17.7. The first-order chi connectivity index (χ1) is 14.2. The van der Waals surface area contributed by atoms with Crippen molar-refractivity contribution in [3.05, 3.63) is 29.8 Å². The fraction of sp³-hybridized carbons (Fsp3) is 0.708. The minimum atomic E-state index is 0.316. The lowest BCUT2D eigenvalue weighted by molar-refractivity contribution is -0.139. The van der Waals surface area contributed by atoms with Crippen molar-refractivity contribution in [3.63, 3.8) is 0 Å². The van der Waals surface area contributed by atoms with E-state index in [2.05, 4.69) is 33.3 Å². The topological polar surface area (TPSA) is 44.8 Å². The maximum absolute atomic E-state index is 12.9. The number of likely N-dealkylation sites (tertiary alicyclic amines) is 1. The molecule has 1 aromatic rings. The van der Waals surface area contributed by atoms with E-state index in [4.69, 9.17) is 4.74 Å². The number of fused-ring (bicyclic) bond motifs is 4. The van der Waals surface area contributed by atoms with E-state index in [1.807, 2.05) is 6.07 Å². The fourth-order valence-corrected chi connectivity index (χ4v) is 6.06. The summed E-state index contributed by atoms with van der Waals surface area (Å²) >= 11 is 0. The fourth-order valence-electron chi connectivity index (χ4n) is 6.06. The van der Waals surface area contributed by atoms with E-state index < -0.39 is 0 Å². The predicted octanol–water partition coefficient (Wildman–Crippen LogP) is 2.69. The molecule has 0 unspecified atom stereocenters. The summed E-state index contributed by atoms with van der Waals surface area (Å²) in [5.41, 5.74) is 1.36. The van der Waals surface area contributed by atoms with Gasteiger partial charge in [-0.05, 0) is 74.6 Å². The number of hydrogen-bond acceptors (Lipinski definition) is 4. The maximum atomic E-state index is 12.9. The van der Waals surface area contributed by atoms with Crippen LogP contribution in [-0.2, 0) is 11.2 Å². The van der Waals surface area contributed by atoms with Crippen molar-refractivity contribution in [2.24, 2.45) is 11.8 Å². The summed E-state index contributed by atoms with van der Waals surface area (Å²) in [5, 5.41) is 3.42. The molecule has 1 aromatic carbocycles. The first kappa shape index (κ1) is 19.4. The highest BCUT2D eigenvalue weighted by Crippen LogP contribution is 2.42. The molecule has 29 heavy (non-hydrogen) atoms. The molecule has 3 aliphatic heterocycles. The smallest absolute Gasteiger partial charge is 0.236 e. The van der Waals surface area contributed by atoms with E-state index in [9.17, 15) is 4.79 Å². The van der Waals surface area contributed by atoms with Gasteiger partial charge in [-0.1, -0.05) is 18.6 Å². The van der Waals surface area contributed by atoms with Gasteiger partial charge in [0.1, 0.15) is 5.75 Å². The van der Waals surface area contributed by atoms with Crippen molar-refractivity contribution in [1.29, 1.82) is 0 Å². The van der Waals surface area contributed by atoms with Crippen LogP contribution < -0.4 is 10.1 Å². The number of benzene rings is 1. The number of ether oxygens (including phenoxy) is 1. The summed E-state index contributed by atoms with van der Waals surface area (Å²) in [6, 6.07) is 10.3. The van der Waals surface area contributed by atoms with Crippen molar-refractivity contribution in [2.75, 3.05) is 33.3 Å². The molecule has 2 bridgehead atoms. The lowest BCUT2D eigenvalue weighted by Gasteiger charge is -2.57. The van der Waals surface area contributed by atoms with Gasteiger partial charge in [-0.25, -0.2) is 0 Å². The molecule has 4 fully saturated rings. The van der Waals surface area contributed by atoms with Gasteiger partial charge in [0.05, 0.1) is 13.7 Å². The van der Waals surface area contributed by atoms with Crippen LogP contribution >= 0.6 is 0 Å². The molecule has 3 saturated heterocycles. The molecule has 4 aliphatic rings. The van der Waals surface area contributed by atoms with E-state index in [0.717, 1.165) is 25.3 Å². The Morgan fingerprint density at radius 1 is 1.17 bits per heavy atom. The number of nitrogens with one attached hydrogen (secondary N) is 1. The molecule has 0 radical (unpaired) electrons. The Balaban J connectivity index is 1.34. The van der Waals surface area contributed by atoms with Crippen molar-refractivity contribution in [3.8, 4) is 5.75 Å². The standard InChI is InChI=1S/C24H35N3O2/c1-29-21-6-4-5-17(11-21)12-23-19-13-18(22-7-2-3-10-27(22)23)15-26(16-19)24(28)14-25-20-8-9-20/h4-6,11,18-20,22-23,25H,2-3,7-10,12-16H2,1H3/t18-,19+,22+,23+/m1/s1. The van der Waals surface area contributed by atoms with Crippen molar-refractivity contribution in [1.82, 2.24) is 15.1 Å². The highest BCUT2D eigenvalue weighted by atomic mass is 16.5. The van der Waals surface area contributed by atoms with Gasteiger partial charge in [-0.3, -0.25) is 9.69 Å². The number of amides is 1. The molecule has 1 aliphatic carbocycles. The number of rotatable bonds is 6. The zero-order valence-corrected chi connectivity index (χ0v) is 17.7. The van der Waals surface area contributed by atoms with Crippen LogP contribution in [0.3, 0.4) is 0 Å². The van der Waals surface area contributed by atoms with Crippen LogP contribution in [0.4, 0.5) is 0 Å². The minimum Gasteiger partial charge on any atom is -0.497 e. The Morgan fingerprint density at radius 2 is 2.03 bits per heavy atom. The van der Waals surface area contributed by atoms with Gasteiger partial charge in [-0.2, -0.15) is 0 Å². The Kier molecular flexibility index (Phi) is 5.53. The van der Waals surface area contributed by atoms with Gasteiger partial charge < -0.3 is 15.0 Å². The van der Waals surface area contributed by atoms with Crippen LogP contribution in [0, 0.1) is 11.8 Å². The van der Waals surface area contributed by atoms with Crippen LogP contribution in [0.5, 0.6) is 5.75 Å². The highest BCUT2D eigenvalue weighted by molar-refractivity contribution is 5.78. The summed E-state index contributed by atoms with van der Waals surface area (Å²) in [5.74, 6) is 2.49. The molecule has 1 saturated carbocycles. The first-order valence-corrected chi connectivity index (χ1v) is 11.6. The molecule has 158 valence electrons. The number of carbonyl (C=O) groups excluding carboxylic acids is 1. The molecular formula is C24H35N3O2. The van der Waals surface area contributed by atoms with Crippen LogP contribution in [0.15, 0.2) is 24.3 Å². The van der Waals surface area contributed by atoms with E-state index in [-0.39, 0.29) is 0 Å². The second-order valence-electron chi connectivity index (χ2n) is 9.63. The molecule has 0 aromatic heterocycles. The quantitative estimate of drug-likeness (QED) is 0.802. The van der Waals surface area contributed by atoms with Gasteiger partial charge in [0, 0.05) is 31.2 Å². The first-order valence-electron chi connectivity index (χ1n) is 11.6. The van der Waals surface area contributed by atoms with Crippen LogP contribution in [-0.4, -0.2) is 67.1 Å². The van der Waals surface area contributed by atoms with Crippen molar-refractivity contribution >= 4 is 5.91 Å². The van der Waals surface area contributed by atoms with Gasteiger partial charge in [0.25, 0.3) is 0 Å². The maximum Gasteiger partial charge on any atom is 0.236 e. The van der Waals surface area contributed by atoms with Gasteiger partial charge in [-0.15, -0.1) is 0 Å². The second kappa shape index (κ2) is 8.27. The number of nitrogens with zero attached hydrogens (tertiary/aromatic N) is 2. The number of piperidine rings is 3. The molecule has 3 heterocycles. The lowest BCUT2D eigenvalue weighted by atomic mass is 9.71. The van der Waals surface area contributed by atoms with Gasteiger partial charge >= 0.3 is 0 Å². The third-order valence-corrected chi connectivity index (χ3v) is 7.67. The van der Waals surface area contributed by atoms with Gasteiger partial charge in [0.2, 0.25) is 5.91 Å². The number of hydrogen-bond donors (Lipinski definition) is 1. The Morgan fingerprint density at radius 3 is 2.86 bits per heavy atom. The normalized spacial score (nSPS) is 32.0. The van der Waals surface area contributed by atoms with Crippen molar-refractivity contribution < 1.29 is 9.53 Å². The minimum absolute atomic E-state index is 0.316. The molecule has 5 rings (SSSR count). The molecule has 4 atom stereocenters. The van der Waals surface area contributed by atoms with Gasteiger partial charge in [0.15, 0.2) is 0 Å². The summed E-state index contributed by atoms with van der Waals surface area (Å²) < 4.78 is 5.46. The molecule has 1 amide bonds. The van der Waals surface area contributed by atoms with Crippen LogP contribution in [0.2, 0.25) is 0 Å². The Hall–Kier alpha value is -1.59. The summed E-state index contributed by atoms with van der Waals surface area (Å²) in [7, 11) is 1.74. The van der Waals surface area contributed by atoms with E-state index in [0.29, 0.717) is 42.4 Å². The number of carbonyl (C=O) groups is 1. The van der Waals surface area contributed by atoms with E-state index in [1.54, 1.807) is 7.11 Å². The van der Waals surface area contributed by atoms with E-state index in [1.165, 1.54) is 50.6 Å². The largest absolute Gasteiger partial charge is 0.497 e. The molecule has 5 heteroatoms. The Labute approximate surface area is 174 Å². The summed E-state index contributed by atoms with van der Waals surface area (Å²) in [6.45, 7) is 3.65.